The molecule has 5 nitrogen and oxygen atoms in total. The number of rotatable bonds is 4. The smallest absolute Gasteiger partial charge is 0.271 e. The van der Waals surface area contributed by atoms with E-state index in [4.69, 9.17) is 5.26 Å². The van der Waals surface area contributed by atoms with Crippen LogP contribution in [0.3, 0.4) is 0 Å². The average molecular weight is 256 g/mol. The monoisotopic (exact) mass is 256 g/mol. The standard InChI is InChI=1S/C14H16N4O/c1-10(7-15)8-18(2)9-13-14(19)17-12-6-4-3-5-11(12)16-13/h3-6,10H,8-9H2,1-2H3,(H,17,19)/t10-/m0/s1. The molecule has 2 rings (SSSR count). The van der Waals surface area contributed by atoms with Crippen LogP contribution in [0.5, 0.6) is 0 Å². The molecule has 0 amide bonds. The average Bonchev–Trinajstić information content (AvgIpc) is 2.39. The number of nitriles is 1. The van der Waals surface area contributed by atoms with Crippen molar-refractivity contribution in [2.45, 2.75) is 13.5 Å². The van der Waals surface area contributed by atoms with Gasteiger partial charge in [0.1, 0.15) is 5.69 Å². The summed E-state index contributed by atoms with van der Waals surface area (Å²) in [6.45, 7) is 2.91. The second-order valence-corrected chi connectivity index (χ2v) is 4.76. The number of para-hydroxylation sites is 2. The Bertz CT molecular complexity index is 671. The molecular formula is C14H16N4O. The van der Waals surface area contributed by atoms with Crippen molar-refractivity contribution in [3.63, 3.8) is 0 Å². The molecule has 0 aliphatic heterocycles. The molecule has 98 valence electrons. The van der Waals surface area contributed by atoms with Crippen LogP contribution in [0.1, 0.15) is 12.6 Å². The molecule has 0 aliphatic rings. The Morgan fingerprint density at radius 1 is 1.47 bits per heavy atom. The molecule has 1 atom stereocenters. The lowest BCUT2D eigenvalue weighted by molar-refractivity contribution is 0.298. The Hall–Kier alpha value is -2.19. The number of nitrogens with zero attached hydrogens (tertiary/aromatic N) is 3. The summed E-state index contributed by atoms with van der Waals surface area (Å²) in [4.78, 5) is 21.0. The van der Waals surface area contributed by atoms with Gasteiger partial charge < -0.3 is 4.98 Å². The minimum absolute atomic E-state index is 0.0652. The number of benzene rings is 1. The van der Waals surface area contributed by atoms with Crippen LogP contribution in [0.25, 0.3) is 11.0 Å². The van der Waals surface area contributed by atoms with E-state index in [1.54, 1.807) is 0 Å². The lowest BCUT2D eigenvalue weighted by atomic mass is 10.2. The molecule has 0 spiro atoms. The van der Waals surface area contributed by atoms with E-state index in [2.05, 4.69) is 16.0 Å². The summed E-state index contributed by atoms with van der Waals surface area (Å²) in [5.74, 6) is -0.0652. The molecule has 0 aliphatic carbocycles. The van der Waals surface area contributed by atoms with Crippen molar-refractivity contribution in [3.8, 4) is 6.07 Å². The van der Waals surface area contributed by atoms with Gasteiger partial charge in [-0.2, -0.15) is 5.26 Å². The Morgan fingerprint density at radius 3 is 2.95 bits per heavy atom. The number of hydrogen-bond acceptors (Lipinski definition) is 4. The Balaban J connectivity index is 2.23. The molecule has 0 saturated heterocycles. The summed E-state index contributed by atoms with van der Waals surface area (Å²) in [7, 11) is 1.88. The molecule has 19 heavy (non-hydrogen) atoms. The lowest BCUT2D eigenvalue weighted by Gasteiger charge is -2.16. The van der Waals surface area contributed by atoms with Crippen molar-refractivity contribution >= 4 is 11.0 Å². The van der Waals surface area contributed by atoms with E-state index in [9.17, 15) is 4.79 Å². The van der Waals surface area contributed by atoms with Gasteiger partial charge in [0.05, 0.1) is 23.0 Å². The van der Waals surface area contributed by atoms with Gasteiger partial charge in [-0.3, -0.25) is 9.69 Å². The van der Waals surface area contributed by atoms with Gasteiger partial charge in [-0.15, -0.1) is 0 Å². The molecule has 1 aromatic carbocycles. The maximum Gasteiger partial charge on any atom is 0.271 e. The van der Waals surface area contributed by atoms with Crippen molar-refractivity contribution in [2.75, 3.05) is 13.6 Å². The molecule has 1 N–H and O–H groups in total. The molecule has 0 unspecified atom stereocenters. The van der Waals surface area contributed by atoms with Crippen LogP contribution >= 0.6 is 0 Å². The molecule has 0 radical (unpaired) electrons. The zero-order valence-electron chi connectivity index (χ0n) is 11.1. The summed E-state index contributed by atoms with van der Waals surface area (Å²) in [6.07, 6.45) is 0. The van der Waals surface area contributed by atoms with Crippen LogP contribution in [0.4, 0.5) is 0 Å². The van der Waals surface area contributed by atoms with Gasteiger partial charge >= 0.3 is 0 Å². The van der Waals surface area contributed by atoms with Crippen molar-refractivity contribution in [1.29, 1.82) is 5.26 Å². The van der Waals surface area contributed by atoms with Gasteiger partial charge in [0.25, 0.3) is 5.56 Å². The van der Waals surface area contributed by atoms with Crippen LogP contribution in [0.15, 0.2) is 29.1 Å². The summed E-state index contributed by atoms with van der Waals surface area (Å²) in [6, 6.07) is 9.62. The number of aromatic nitrogens is 2. The normalized spacial score (nSPS) is 12.5. The second kappa shape index (κ2) is 5.63. The molecule has 0 saturated carbocycles. The van der Waals surface area contributed by atoms with Crippen LogP contribution < -0.4 is 5.56 Å². The largest absolute Gasteiger partial charge is 0.319 e. The van der Waals surface area contributed by atoms with Gasteiger partial charge in [-0.05, 0) is 26.1 Å². The summed E-state index contributed by atoms with van der Waals surface area (Å²) in [5, 5.41) is 8.79. The first-order valence-electron chi connectivity index (χ1n) is 6.16. The van der Waals surface area contributed by atoms with E-state index in [0.29, 0.717) is 18.8 Å². The highest BCUT2D eigenvalue weighted by Crippen LogP contribution is 2.07. The summed E-state index contributed by atoms with van der Waals surface area (Å²) < 4.78 is 0. The number of fused-ring (bicyclic) bond motifs is 1. The number of hydrogen-bond donors (Lipinski definition) is 1. The fourth-order valence-electron chi connectivity index (χ4n) is 2.00. The third kappa shape index (κ3) is 3.18. The Morgan fingerprint density at radius 2 is 2.21 bits per heavy atom. The van der Waals surface area contributed by atoms with E-state index in [-0.39, 0.29) is 11.5 Å². The fraction of sp³-hybridized carbons (Fsp3) is 0.357. The second-order valence-electron chi connectivity index (χ2n) is 4.76. The number of H-pyrrole nitrogens is 1. The Labute approximate surface area is 111 Å². The number of aromatic amines is 1. The molecule has 2 aromatic rings. The van der Waals surface area contributed by atoms with Crippen LogP contribution in [-0.4, -0.2) is 28.5 Å². The van der Waals surface area contributed by atoms with Crippen molar-refractivity contribution < 1.29 is 0 Å². The van der Waals surface area contributed by atoms with Gasteiger partial charge in [0.15, 0.2) is 0 Å². The highest BCUT2D eigenvalue weighted by atomic mass is 16.1. The first-order chi connectivity index (χ1) is 9.10. The van der Waals surface area contributed by atoms with Crippen LogP contribution in [0.2, 0.25) is 0 Å². The summed E-state index contributed by atoms with van der Waals surface area (Å²) in [5.41, 5.74) is 1.82. The predicted molar refractivity (Wildman–Crippen MR) is 73.5 cm³/mol. The molecular weight excluding hydrogens is 240 g/mol. The SMILES string of the molecule is C[C@@H](C#N)CN(C)Cc1nc2ccccc2[nH]c1=O. The van der Waals surface area contributed by atoms with Crippen molar-refractivity contribution in [1.82, 2.24) is 14.9 Å². The zero-order valence-corrected chi connectivity index (χ0v) is 11.1. The van der Waals surface area contributed by atoms with E-state index in [1.807, 2.05) is 43.1 Å². The highest BCUT2D eigenvalue weighted by molar-refractivity contribution is 5.73. The topological polar surface area (TPSA) is 72.8 Å². The Kier molecular flexibility index (Phi) is 3.93. The minimum Gasteiger partial charge on any atom is -0.319 e. The van der Waals surface area contributed by atoms with E-state index < -0.39 is 0 Å². The molecule has 0 fully saturated rings. The van der Waals surface area contributed by atoms with Gasteiger partial charge in [-0.25, -0.2) is 4.98 Å². The first kappa shape index (κ1) is 13.2. The quantitative estimate of drug-likeness (QED) is 0.900. The maximum atomic E-state index is 11.9. The molecule has 5 heteroatoms. The van der Waals surface area contributed by atoms with Crippen molar-refractivity contribution in [2.24, 2.45) is 5.92 Å². The summed E-state index contributed by atoms with van der Waals surface area (Å²) >= 11 is 0. The minimum atomic E-state index is -0.171. The van der Waals surface area contributed by atoms with E-state index in [0.717, 1.165) is 11.0 Å². The van der Waals surface area contributed by atoms with Crippen LogP contribution in [-0.2, 0) is 6.54 Å². The molecule has 0 bridgehead atoms. The van der Waals surface area contributed by atoms with E-state index in [1.165, 1.54) is 0 Å². The third-order valence-electron chi connectivity index (χ3n) is 2.90. The maximum absolute atomic E-state index is 11.9. The highest BCUT2D eigenvalue weighted by Gasteiger charge is 2.10. The van der Waals surface area contributed by atoms with Gasteiger partial charge in [0, 0.05) is 13.1 Å². The van der Waals surface area contributed by atoms with Crippen molar-refractivity contribution in [3.05, 3.63) is 40.3 Å². The lowest BCUT2D eigenvalue weighted by Crippen LogP contribution is -2.28. The van der Waals surface area contributed by atoms with Crippen LogP contribution in [0, 0.1) is 17.2 Å². The predicted octanol–water partition coefficient (Wildman–Crippen LogP) is 1.51. The fourth-order valence-corrected chi connectivity index (χ4v) is 2.00. The molecule has 1 heterocycles. The molecule has 1 aromatic heterocycles. The van der Waals surface area contributed by atoms with E-state index >= 15 is 0 Å². The zero-order chi connectivity index (χ0) is 13.8. The number of nitrogens with one attached hydrogen (secondary N) is 1. The van der Waals surface area contributed by atoms with Gasteiger partial charge in [-0.1, -0.05) is 12.1 Å². The first-order valence-corrected chi connectivity index (χ1v) is 6.16. The third-order valence-corrected chi connectivity index (χ3v) is 2.90. The van der Waals surface area contributed by atoms with Gasteiger partial charge in [0.2, 0.25) is 0 Å².